The van der Waals surface area contributed by atoms with Crippen molar-refractivity contribution >= 4 is 17.7 Å². The predicted octanol–water partition coefficient (Wildman–Crippen LogP) is 3.62. The van der Waals surface area contributed by atoms with Gasteiger partial charge in [0.15, 0.2) is 18.1 Å². The lowest BCUT2D eigenvalue weighted by molar-refractivity contribution is -0.147. The highest BCUT2D eigenvalue weighted by molar-refractivity contribution is 5.92. The van der Waals surface area contributed by atoms with Gasteiger partial charge in [0, 0.05) is 12.5 Å². The van der Waals surface area contributed by atoms with Gasteiger partial charge < -0.3 is 19.5 Å². The third-order valence-electron chi connectivity index (χ3n) is 4.81. The predicted molar refractivity (Wildman–Crippen MR) is 120 cm³/mol. The fourth-order valence-corrected chi connectivity index (χ4v) is 3.15. The summed E-state index contributed by atoms with van der Waals surface area (Å²) in [6.07, 6.45) is 0.601. The monoisotopic (exact) mass is 437 g/mol. The topological polar surface area (TPSA) is 91.7 Å². The maximum Gasteiger partial charge on any atom is 0.306 e. The molecule has 0 atom stereocenters. The number of benzene rings is 2. The van der Waals surface area contributed by atoms with Crippen LogP contribution >= 0.6 is 0 Å². The SMILES string of the molecule is COc1ccc(CCC(=O)OCC(=O)Nc2cc(C)nn2-c2ccc(C)cc2)cc1OC. The molecular weight excluding hydrogens is 410 g/mol. The summed E-state index contributed by atoms with van der Waals surface area (Å²) in [5, 5.41) is 7.18. The second-order valence-corrected chi connectivity index (χ2v) is 7.32. The van der Waals surface area contributed by atoms with E-state index in [4.69, 9.17) is 14.2 Å². The Morgan fingerprint density at radius 3 is 2.38 bits per heavy atom. The molecule has 168 valence electrons. The molecular formula is C24H27N3O5. The van der Waals surface area contributed by atoms with Gasteiger partial charge in [-0.25, -0.2) is 4.68 Å². The average Bonchev–Trinajstić information content (AvgIpc) is 3.16. The number of ether oxygens (including phenoxy) is 3. The van der Waals surface area contributed by atoms with Crippen LogP contribution in [0.15, 0.2) is 48.5 Å². The van der Waals surface area contributed by atoms with Crippen molar-refractivity contribution < 1.29 is 23.8 Å². The highest BCUT2D eigenvalue weighted by Crippen LogP contribution is 2.28. The van der Waals surface area contributed by atoms with Gasteiger partial charge in [0.05, 0.1) is 25.6 Å². The molecule has 0 fully saturated rings. The number of carbonyl (C=O) groups is 2. The Hall–Kier alpha value is -3.81. The van der Waals surface area contributed by atoms with Gasteiger partial charge in [0.2, 0.25) is 0 Å². The van der Waals surface area contributed by atoms with Gasteiger partial charge in [-0.05, 0) is 50.1 Å². The molecule has 8 heteroatoms. The van der Waals surface area contributed by atoms with E-state index in [0.717, 1.165) is 22.5 Å². The quantitative estimate of drug-likeness (QED) is 0.514. The van der Waals surface area contributed by atoms with Crippen molar-refractivity contribution in [1.82, 2.24) is 9.78 Å². The number of rotatable bonds is 9. The van der Waals surface area contributed by atoms with Crippen LogP contribution < -0.4 is 14.8 Å². The highest BCUT2D eigenvalue weighted by atomic mass is 16.5. The third-order valence-corrected chi connectivity index (χ3v) is 4.81. The van der Waals surface area contributed by atoms with Gasteiger partial charge in [0.25, 0.3) is 5.91 Å². The zero-order valence-electron chi connectivity index (χ0n) is 18.7. The van der Waals surface area contributed by atoms with E-state index in [9.17, 15) is 9.59 Å². The Balaban J connectivity index is 1.52. The fraction of sp³-hybridized carbons (Fsp3) is 0.292. The lowest BCUT2D eigenvalue weighted by Gasteiger charge is -2.10. The Kier molecular flexibility index (Phi) is 7.49. The molecule has 0 unspecified atom stereocenters. The molecule has 0 spiro atoms. The Labute approximate surface area is 187 Å². The van der Waals surface area contributed by atoms with Crippen LogP contribution in [-0.4, -0.2) is 42.5 Å². The van der Waals surface area contributed by atoms with Crippen LogP contribution in [0.2, 0.25) is 0 Å². The number of amides is 1. The number of carbonyl (C=O) groups excluding carboxylic acids is 2. The van der Waals surface area contributed by atoms with Crippen molar-refractivity contribution in [1.29, 1.82) is 0 Å². The van der Waals surface area contributed by atoms with E-state index in [-0.39, 0.29) is 13.0 Å². The van der Waals surface area contributed by atoms with Gasteiger partial charge in [-0.1, -0.05) is 23.8 Å². The molecule has 0 aliphatic carbocycles. The molecule has 3 aromatic rings. The van der Waals surface area contributed by atoms with Crippen LogP contribution in [-0.2, 0) is 20.7 Å². The third kappa shape index (κ3) is 5.87. The number of aromatic nitrogens is 2. The molecule has 1 N–H and O–H groups in total. The largest absolute Gasteiger partial charge is 0.493 e. The summed E-state index contributed by atoms with van der Waals surface area (Å²) < 4.78 is 17.2. The van der Waals surface area contributed by atoms with Crippen molar-refractivity contribution in [3.8, 4) is 17.2 Å². The minimum atomic E-state index is -0.460. The summed E-state index contributed by atoms with van der Waals surface area (Å²) in [6, 6.07) is 15.0. The van der Waals surface area contributed by atoms with E-state index >= 15 is 0 Å². The first-order chi connectivity index (χ1) is 15.4. The van der Waals surface area contributed by atoms with Crippen LogP contribution in [0.4, 0.5) is 5.82 Å². The normalized spacial score (nSPS) is 10.5. The van der Waals surface area contributed by atoms with Crippen molar-refractivity contribution in [2.24, 2.45) is 0 Å². The smallest absolute Gasteiger partial charge is 0.306 e. The number of aryl methyl sites for hydroxylation is 3. The molecule has 1 heterocycles. The summed E-state index contributed by atoms with van der Waals surface area (Å²) in [4.78, 5) is 24.4. The van der Waals surface area contributed by atoms with Crippen molar-refractivity contribution in [2.75, 3.05) is 26.1 Å². The molecule has 0 aliphatic rings. The molecule has 0 radical (unpaired) electrons. The lowest BCUT2D eigenvalue weighted by atomic mass is 10.1. The maximum atomic E-state index is 12.3. The molecule has 3 rings (SSSR count). The van der Waals surface area contributed by atoms with E-state index < -0.39 is 11.9 Å². The molecule has 8 nitrogen and oxygen atoms in total. The van der Waals surface area contributed by atoms with Crippen LogP contribution in [0.1, 0.15) is 23.2 Å². The molecule has 0 saturated heterocycles. The molecule has 1 amide bonds. The number of nitrogens with zero attached hydrogens (tertiary/aromatic N) is 2. The van der Waals surface area contributed by atoms with E-state index in [1.807, 2.05) is 50.2 Å². The number of nitrogens with one attached hydrogen (secondary N) is 1. The van der Waals surface area contributed by atoms with Crippen LogP contribution in [0.5, 0.6) is 11.5 Å². The number of hydrogen-bond donors (Lipinski definition) is 1. The molecule has 1 aromatic heterocycles. The Morgan fingerprint density at radius 2 is 1.69 bits per heavy atom. The summed E-state index contributed by atoms with van der Waals surface area (Å²) in [5.74, 6) is 0.836. The van der Waals surface area contributed by atoms with Gasteiger partial charge in [0.1, 0.15) is 5.82 Å². The van der Waals surface area contributed by atoms with Crippen molar-refractivity contribution in [2.45, 2.75) is 26.7 Å². The van der Waals surface area contributed by atoms with E-state index in [1.54, 1.807) is 31.0 Å². The Morgan fingerprint density at radius 1 is 0.969 bits per heavy atom. The van der Waals surface area contributed by atoms with Gasteiger partial charge >= 0.3 is 5.97 Å². The fourth-order valence-electron chi connectivity index (χ4n) is 3.15. The highest BCUT2D eigenvalue weighted by Gasteiger charge is 2.13. The van der Waals surface area contributed by atoms with Crippen LogP contribution in [0.3, 0.4) is 0 Å². The first-order valence-corrected chi connectivity index (χ1v) is 10.2. The van der Waals surface area contributed by atoms with Crippen LogP contribution in [0.25, 0.3) is 5.69 Å². The van der Waals surface area contributed by atoms with Crippen molar-refractivity contribution in [3.05, 3.63) is 65.4 Å². The van der Waals surface area contributed by atoms with Crippen LogP contribution in [0, 0.1) is 13.8 Å². The van der Waals surface area contributed by atoms with Crippen molar-refractivity contribution in [3.63, 3.8) is 0 Å². The lowest BCUT2D eigenvalue weighted by Crippen LogP contribution is -2.22. The summed E-state index contributed by atoms with van der Waals surface area (Å²) in [6.45, 7) is 3.47. The number of methoxy groups -OCH3 is 2. The number of esters is 1. The molecule has 0 aliphatic heterocycles. The number of anilines is 1. The summed E-state index contributed by atoms with van der Waals surface area (Å²) >= 11 is 0. The van der Waals surface area contributed by atoms with E-state index in [0.29, 0.717) is 23.7 Å². The standard InChI is InChI=1S/C24H27N3O5/c1-16-5-9-19(10-6-16)27-22(13-17(2)26-27)25-23(28)15-32-24(29)12-8-18-7-11-20(30-3)21(14-18)31-4/h5-7,9-11,13-14H,8,12,15H2,1-4H3,(H,25,28). The summed E-state index contributed by atoms with van der Waals surface area (Å²) in [7, 11) is 3.12. The minimum Gasteiger partial charge on any atom is -0.493 e. The molecule has 0 bridgehead atoms. The number of hydrogen-bond acceptors (Lipinski definition) is 6. The zero-order valence-corrected chi connectivity index (χ0v) is 18.7. The maximum absolute atomic E-state index is 12.3. The van der Waals surface area contributed by atoms with E-state index in [1.165, 1.54) is 0 Å². The first-order valence-electron chi connectivity index (χ1n) is 10.2. The average molecular weight is 437 g/mol. The van der Waals surface area contributed by atoms with Gasteiger partial charge in [-0.3, -0.25) is 9.59 Å². The summed E-state index contributed by atoms with van der Waals surface area (Å²) in [5.41, 5.74) is 3.61. The minimum absolute atomic E-state index is 0.142. The second-order valence-electron chi connectivity index (χ2n) is 7.32. The molecule has 2 aromatic carbocycles. The zero-order chi connectivity index (χ0) is 23.1. The molecule has 0 saturated carbocycles. The first kappa shape index (κ1) is 22.9. The Bertz CT molecular complexity index is 1090. The van der Waals surface area contributed by atoms with Gasteiger partial charge in [-0.2, -0.15) is 5.10 Å². The van der Waals surface area contributed by atoms with E-state index in [2.05, 4.69) is 10.4 Å². The van der Waals surface area contributed by atoms with Gasteiger partial charge in [-0.15, -0.1) is 0 Å². The molecule has 32 heavy (non-hydrogen) atoms. The second kappa shape index (κ2) is 10.5.